The van der Waals surface area contributed by atoms with Crippen molar-refractivity contribution in [1.82, 2.24) is 19.9 Å². The SMILES string of the molecule is FC(F)=C1CN2CCC[C@@]2(COc2nc(N3CCOC[C@H]4[C@H](F)[C@H]43)c3cnc(Cl)c(F)c3n2)C1. The Hall–Kier alpha value is -2.24. The highest BCUT2D eigenvalue weighted by atomic mass is 35.5. The molecule has 0 spiro atoms. The summed E-state index contributed by atoms with van der Waals surface area (Å²) >= 11 is 5.90. The number of hydrogen-bond donors (Lipinski definition) is 0. The predicted octanol–water partition coefficient (Wildman–Crippen LogP) is 3.76. The number of aromatic nitrogens is 3. The average molecular weight is 500 g/mol. The van der Waals surface area contributed by atoms with Crippen molar-refractivity contribution >= 4 is 28.3 Å². The highest BCUT2D eigenvalue weighted by Gasteiger charge is 2.56. The summed E-state index contributed by atoms with van der Waals surface area (Å²) in [5.74, 6) is -0.812. The first-order valence-corrected chi connectivity index (χ1v) is 11.7. The van der Waals surface area contributed by atoms with E-state index in [0.29, 0.717) is 43.9 Å². The maximum atomic E-state index is 14.9. The molecule has 2 aromatic heterocycles. The van der Waals surface area contributed by atoms with Crippen LogP contribution in [-0.2, 0) is 4.74 Å². The van der Waals surface area contributed by atoms with Crippen molar-refractivity contribution < 1.29 is 27.0 Å². The van der Waals surface area contributed by atoms with E-state index in [2.05, 4.69) is 15.0 Å². The summed E-state index contributed by atoms with van der Waals surface area (Å²) < 4.78 is 67.4. The second-order valence-electron chi connectivity index (χ2n) is 9.40. The second kappa shape index (κ2) is 8.17. The van der Waals surface area contributed by atoms with Gasteiger partial charge in [-0.1, -0.05) is 11.6 Å². The first-order valence-electron chi connectivity index (χ1n) is 11.3. The molecule has 3 saturated heterocycles. The Balaban J connectivity index is 1.37. The molecule has 6 rings (SSSR count). The van der Waals surface area contributed by atoms with E-state index in [1.54, 1.807) is 4.90 Å². The third-order valence-electron chi connectivity index (χ3n) is 7.46. The minimum absolute atomic E-state index is 0.0794. The molecule has 3 aliphatic heterocycles. The molecule has 4 aliphatic rings. The van der Waals surface area contributed by atoms with Crippen molar-refractivity contribution in [3.63, 3.8) is 0 Å². The summed E-state index contributed by atoms with van der Waals surface area (Å²) in [5.41, 5.74) is -0.542. The van der Waals surface area contributed by atoms with Crippen LogP contribution in [0.2, 0.25) is 5.15 Å². The highest BCUT2D eigenvalue weighted by Crippen LogP contribution is 2.45. The third kappa shape index (κ3) is 3.51. The molecule has 0 amide bonds. The second-order valence-corrected chi connectivity index (χ2v) is 9.76. The van der Waals surface area contributed by atoms with Crippen LogP contribution in [0, 0.1) is 11.7 Å². The van der Waals surface area contributed by atoms with Crippen molar-refractivity contribution in [3.05, 3.63) is 28.8 Å². The molecule has 0 unspecified atom stereocenters. The average Bonchev–Trinajstić information content (AvgIpc) is 3.15. The van der Waals surface area contributed by atoms with Crippen LogP contribution in [0.25, 0.3) is 10.9 Å². The number of fused-ring (bicyclic) bond motifs is 3. The molecular formula is C22H22ClF4N5O2. The number of rotatable bonds is 4. The monoisotopic (exact) mass is 499 g/mol. The zero-order valence-corrected chi connectivity index (χ0v) is 18.9. The number of ether oxygens (including phenoxy) is 2. The lowest BCUT2D eigenvalue weighted by Crippen LogP contribution is -2.43. The molecule has 2 aromatic rings. The van der Waals surface area contributed by atoms with Crippen LogP contribution in [-0.4, -0.2) is 77.1 Å². The molecule has 1 saturated carbocycles. The summed E-state index contributed by atoms with van der Waals surface area (Å²) in [5, 5.41) is -0.0558. The Morgan fingerprint density at radius 3 is 2.97 bits per heavy atom. The maximum absolute atomic E-state index is 14.9. The van der Waals surface area contributed by atoms with Gasteiger partial charge in [-0.2, -0.15) is 18.7 Å². The third-order valence-corrected chi connectivity index (χ3v) is 7.72. The molecule has 5 heterocycles. The van der Waals surface area contributed by atoms with Crippen LogP contribution in [0.5, 0.6) is 6.01 Å². The Labute approximate surface area is 197 Å². The molecular weight excluding hydrogens is 478 g/mol. The van der Waals surface area contributed by atoms with Crippen molar-refractivity contribution in [2.45, 2.75) is 37.0 Å². The Bertz CT molecular complexity index is 1180. The standard InChI is InChI=1S/C22H22ClF4N5O2/c23-18-15(25)16-12(7-28-18)20(32-4-5-33-9-13-14(24)17(13)32)30-21(29-16)34-10-22-2-1-3-31(22)8-11(6-22)19(26)27/h7,13-14,17H,1-6,8-10H2/t13-,14-,17-,22-/m0/s1. The van der Waals surface area contributed by atoms with E-state index in [1.807, 2.05) is 4.90 Å². The first-order chi connectivity index (χ1) is 16.4. The Morgan fingerprint density at radius 1 is 1.29 bits per heavy atom. The molecule has 0 N–H and O–H groups in total. The number of halogens is 5. The van der Waals surface area contributed by atoms with Crippen LogP contribution < -0.4 is 9.64 Å². The first kappa shape index (κ1) is 22.2. The molecule has 0 radical (unpaired) electrons. The summed E-state index contributed by atoms with van der Waals surface area (Å²) in [7, 11) is 0. The van der Waals surface area contributed by atoms with Crippen LogP contribution >= 0.6 is 11.6 Å². The molecule has 12 heteroatoms. The van der Waals surface area contributed by atoms with Gasteiger partial charge in [-0.15, -0.1) is 0 Å². The number of pyridine rings is 1. The fourth-order valence-electron chi connectivity index (χ4n) is 5.63. The molecule has 1 aliphatic carbocycles. The number of hydrogen-bond acceptors (Lipinski definition) is 7. The summed E-state index contributed by atoms with van der Waals surface area (Å²) in [6, 6.07) is -0.549. The van der Waals surface area contributed by atoms with Crippen molar-refractivity contribution in [2.24, 2.45) is 5.92 Å². The van der Waals surface area contributed by atoms with Gasteiger partial charge in [0.1, 0.15) is 24.1 Å². The lowest BCUT2D eigenvalue weighted by molar-refractivity contribution is 0.108. The van der Waals surface area contributed by atoms with Gasteiger partial charge in [0.2, 0.25) is 0 Å². The van der Waals surface area contributed by atoms with E-state index in [-0.39, 0.29) is 47.7 Å². The van der Waals surface area contributed by atoms with Crippen molar-refractivity contribution in [3.8, 4) is 6.01 Å². The van der Waals surface area contributed by atoms with Crippen LogP contribution in [0.4, 0.5) is 23.4 Å². The van der Waals surface area contributed by atoms with Gasteiger partial charge in [-0.3, -0.25) is 4.90 Å². The molecule has 4 atom stereocenters. The smallest absolute Gasteiger partial charge is 0.319 e. The van der Waals surface area contributed by atoms with Gasteiger partial charge >= 0.3 is 6.01 Å². The topological polar surface area (TPSA) is 63.6 Å². The molecule has 4 fully saturated rings. The quantitative estimate of drug-likeness (QED) is 0.469. The predicted molar refractivity (Wildman–Crippen MR) is 116 cm³/mol. The van der Waals surface area contributed by atoms with E-state index in [4.69, 9.17) is 21.1 Å². The van der Waals surface area contributed by atoms with Gasteiger partial charge in [0.05, 0.1) is 30.2 Å². The molecule has 34 heavy (non-hydrogen) atoms. The number of alkyl halides is 1. The maximum Gasteiger partial charge on any atom is 0.319 e. The van der Waals surface area contributed by atoms with Gasteiger partial charge in [0, 0.05) is 30.8 Å². The number of nitrogens with zero attached hydrogens (tertiary/aromatic N) is 5. The number of anilines is 1. The zero-order chi connectivity index (χ0) is 23.6. The normalized spacial score (nSPS) is 30.9. The lowest BCUT2D eigenvalue weighted by Gasteiger charge is -2.31. The van der Waals surface area contributed by atoms with E-state index in [1.165, 1.54) is 6.20 Å². The van der Waals surface area contributed by atoms with Crippen LogP contribution in [0.15, 0.2) is 17.9 Å². The molecule has 7 nitrogen and oxygen atoms in total. The molecule has 0 bridgehead atoms. The Morgan fingerprint density at radius 2 is 2.15 bits per heavy atom. The van der Waals surface area contributed by atoms with Crippen molar-refractivity contribution in [1.29, 1.82) is 0 Å². The lowest BCUT2D eigenvalue weighted by atomic mass is 9.94. The minimum atomic E-state index is -1.65. The van der Waals surface area contributed by atoms with Gasteiger partial charge in [0.25, 0.3) is 6.08 Å². The van der Waals surface area contributed by atoms with E-state index >= 15 is 0 Å². The van der Waals surface area contributed by atoms with E-state index in [9.17, 15) is 17.6 Å². The minimum Gasteiger partial charge on any atom is -0.461 e. The van der Waals surface area contributed by atoms with E-state index < -0.39 is 29.7 Å². The summed E-state index contributed by atoms with van der Waals surface area (Å²) in [6.07, 6.45) is 0.419. The van der Waals surface area contributed by atoms with Crippen molar-refractivity contribution in [2.75, 3.05) is 44.4 Å². The van der Waals surface area contributed by atoms with Crippen LogP contribution in [0.1, 0.15) is 19.3 Å². The van der Waals surface area contributed by atoms with Gasteiger partial charge in [-0.05, 0) is 25.8 Å². The fraction of sp³-hybridized carbons (Fsp3) is 0.591. The van der Waals surface area contributed by atoms with Gasteiger partial charge < -0.3 is 14.4 Å². The fourth-order valence-corrected chi connectivity index (χ4v) is 5.77. The highest BCUT2D eigenvalue weighted by molar-refractivity contribution is 6.30. The molecule has 0 aromatic carbocycles. The van der Waals surface area contributed by atoms with Gasteiger partial charge in [-0.25, -0.2) is 13.8 Å². The largest absolute Gasteiger partial charge is 0.461 e. The molecule has 182 valence electrons. The Kier molecular flexibility index (Phi) is 5.34. The van der Waals surface area contributed by atoms with Gasteiger partial charge in [0.15, 0.2) is 11.0 Å². The zero-order valence-electron chi connectivity index (χ0n) is 18.1. The van der Waals surface area contributed by atoms with E-state index in [0.717, 1.165) is 6.42 Å². The summed E-state index contributed by atoms with van der Waals surface area (Å²) in [6.45, 7) is 2.03. The summed E-state index contributed by atoms with van der Waals surface area (Å²) in [4.78, 5) is 16.4. The van der Waals surface area contributed by atoms with Crippen LogP contribution in [0.3, 0.4) is 0 Å².